The molecule has 1 amide bonds. The highest BCUT2D eigenvalue weighted by Gasteiger charge is 2.29. The molecule has 3 aromatic heterocycles. The minimum atomic E-state index is -0.765. The Morgan fingerprint density at radius 1 is 1.25 bits per heavy atom. The van der Waals surface area contributed by atoms with Gasteiger partial charge in [-0.15, -0.1) is 0 Å². The van der Waals surface area contributed by atoms with E-state index in [9.17, 15) is 14.7 Å². The smallest absolute Gasteiger partial charge is 0.274 e. The topological polar surface area (TPSA) is 144 Å². The highest BCUT2D eigenvalue weighted by atomic mass is 16.5. The lowest BCUT2D eigenvalue weighted by atomic mass is 9.92. The van der Waals surface area contributed by atoms with Crippen LogP contribution >= 0.6 is 0 Å². The van der Waals surface area contributed by atoms with E-state index in [0.29, 0.717) is 23.0 Å². The normalized spacial score (nSPS) is 24.1. The molecule has 0 spiro atoms. The average Bonchev–Trinajstić information content (AvgIpc) is 3.51. The zero-order valence-corrected chi connectivity index (χ0v) is 20.3. The van der Waals surface area contributed by atoms with E-state index in [0.717, 1.165) is 25.7 Å². The van der Waals surface area contributed by atoms with Crippen molar-refractivity contribution in [2.24, 2.45) is 0 Å². The Bertz CT molecular complexity index is 1300. The summed E-state index contributed by atoms with van der Waals surface area (Å²) in [6.45, 7) is 0.417. The summed E-state index contributed by atoms with van der Waals surface area (Å²) in [6.07, 6.45) is 6.34. The molecule has 0 radical (unpaired) electrons. The molecular weight excluding hydrogens is 466 g/mol. The quantitative estimate of drug-likeness (QED) is 0.380. The minimum Gasteiger partial charge on any atom is -0.388 e. The number of pyridine rings is 1. The molecule has 4 N–H and O–H groups in total. The van der Waals surface area contributed by atoms with Gasteiger partial charge in [0.2, 0.25) is 0 Å². The fourth-order valence-electron chi connectivity index (χ4n) is 4.88. The molecule has 2 atom stereocenters. The van der Waals surface area contributed by atoms with Crippen LogP contribution in [0.25, 0.3) is 5.65 Å². The number of rotatable bonds is 7. The maximum atomic E-state index is 13.3. The third-order valence-electron chi connectivity index (χ3n) is 6.95. The first-order valence-corrected chi connectivity index (χ1v) is 12.1. The van der Waals surface area contributed by atoms with E-state index >= 15 is 0 Å². The number of ether oxygens (including phenoxy) is 2. The van der Waals surface area contributed by atoms with E-state index in [1.165, 1.54) is 10.7 Å². The number of anilines is 3. The molecule has 1 aliphatic heterocycles. The van der Waals surface area contributed by atoms with Gasteiger partial charge in [0, 0.05) is 32.5 Å². The summed E-state index contributed by atoms with van der Waals surface area (Å²) in [6, 6.07) is 4.90. The van der Waals surface area contributed by atoms with Crippen molar-refractivity contribution in [1.29, 1.82) is 0 Å². The first-order valence-electron chi connectivity index (χ1n) is 12.1. The zero-order valence-electron chi connectivity index (χ0n) is 20.3. The van der Waals surface area contributed by atoms with Crippen LogP contribution in [0.2, 0.25) is 0 Å². The van der Waals surface area contributed by atoms with E-state index in [-0.39, 0.29) is 36.5 Å². The summed E-state index contributed by atoms with van der Waals surface area (Å²) in [5.74, 6) is 0.559. The van der Waals surface area contributed by atoms with E-state index < -0.39 is 18.1 Å². The van der Waals surface area contributed by atoms with Gasteiger partial charge in [0.25, 0.3) is 11.5 Å². The van der Waals surface area contributed by atoms with Crippen molar-refractivity contribution in [3.8, 4) is 0 Å². The first-order chi connectivity index (χ1) is 17.5. The van der Waals surface area contributed by atoms with Gasteiger partial charge in [-0.3, -0.25) is 9.59 Å². The fourth-order valence-corrected chi connectivity index (χ4v) is 4.88. The lowest BCUT2D eigenvalue weighted by Crippen LogP contribution is -2.42. The zero-order chi connectivity index (χ0) is 25.2. The number of carbonyl (C=O) groups excluding carboxylic acids is 1. The van der Waals surface area contributed by atoms with Crippen molar-refractivity contribution >= 4 is 28.9 Å². The number of amides is 1. The van der Waals surface area contributed by atoms with Gasteiger partial charge in [0.05, 0.1) is 37.7 Å². The minimum absolute atomic E-state index is 0.119. The molecule has 1 aliphatic carbocycles. The van der Waals surface area contributed by atoms with Crippen LogP contribution < -0.4 is 21.5 Å². The fraction of sp³-hybridized carbons (Fsp3) is 0.500. The summed E-state index contributed by atoms with van der Waals surface area (Å²) >= 11 is 0. The largest absolute Gasteiger partial charge is 0.388 e. The van der Waals surface area contributed by atoms with Crippen LogP contribution in [0.1, 0.15) is 42.1 Å². The van der Waals surface area contributed by atoms with Crippen molar-refractivity contribution in [3.05, 3.63) is 46.5 Å². The Balaban J connectivity index is 1.42. The van der Waals surface area contributed by atoms with Gasteiger partial charge < -0.3 is 35.1 Å². The molecule has 3 aromatic rings. The third-order valence-corrected chi connectivity index (χ3v) is 6.95. The predicted molar refractivity (Wildman–Crippen MR) is 133 cm³/mol. The molecule has 0 aromatic carbocycles. The van der Waals surface area contributed by atoms with Gasteiger partial charge >= 0.3 is 0 Å². The molecule has 1 saturated carbocycles. The van der Waals surface area contributed by atoms with Crippen molar-refractivity contribution in [1.82, 2.24) is 24.5 Å². The number of aromatic nitrogens is 4. The first kappa shape index (κ1) is 24.2. The van der Waals surface area contributed by atoms with Crippen LogP contribution in [0.5, 0.6) is 0 Å². The van der Waals surface area contributed by atoms with Crippen molar-refractivity contribution in [2.45, 2.75) is 50.0 Å². The number of methoxy groups -OCH3 is 1. The van der Waals surface area contributed by atoms with Crippen molar-refractivity contribution < 1.29 is 19.4 Å². The number of nitrogens with zero attached hydrogens (tertiary/aromatic N) is 4. The lowest BCUT2D eigenvalue weighted by molar-refractivity contribution is 0.0580. The SMILES string of the molecule is CNc1cc(Nc2cccn(C3CCC(OC)CC3)c2=O)nc2c(C(=O)N[C@@H]3COC[C@@H]3O)cnn12. The maximum Gasteiger partial charge on any atom is 0.274 e. The molecule has 12 nitrogen and oxygen atoms in total. The lowest BCUT2D eigenvalue weighted by Gasteiger charge is -2.29. The standard InChI is InChI=1S/C24H31N7O5/c1-25-21-10-20(27-17-4-3-9-30(24(17)34)14-5-7-15(35-2)8-6-14)29-22-16(11-26-31(21)22)23(33)28-18-12-36-13-19(18)32/h3-4,9-11,14-15,18-19,25,32H,5-8,12-13H2,1-2H3,(H,27,29)(H,28,33)/t14?,15?,18-,19+/m1/s1. The second-order valence-electron chi connectivity index (χ2n) is 9.18. The molecule has 0 unspecified atom stereocenters. The Morgan fingerprint density at radius 2 is 2.06 bits per heavy atom. The highest BCUT2D eigenvalue weighted by Crippen LogP contribution is 2.29. The van der Waals surface area contributed by atoms with Crippen molar-refractivity contribution in [3.63, 3.8) is 0 Å². The average molecular weight is 498 g/mol. The molecule has 5 rings (SSSR count). The molecular formula is C24H31N7O5. The van der Waals surface area contributed by atoms with Gasteiger partial charge in [-0.2, -0.15) is 9.61 Å². The van der Waals surface area contributed by atoms with E-state index in [1.54, 1.807) is 30.9 Å². The van der Waals surface area contributed by atoms with Gasteiger partial charge in [-0.05, 0) is 37.8 Å². The number of aliphatic hydroxyl groups is 1. The Morgan fingerprint density at radius 3 is 2.75 bits per heavy atom. The van der Waals surface area contributed by atoms with E-state index in [2.05, 4.69) is 26.0 Å². The number of hydrogen-bond donors (Lipinski definition) is 4. The molecule has 4 heterocycles. The maximum absolute atomic E-state index is 13.3. The Kier molecular flexibility index (Phi) is 6.90. The van der Waals surface area contributed by atoms with Crippen LogP contribution in [0.3, 0.4) is 0 Å². The molecule has 2 aliphatic rings. The molecule has 1 saturated heterocycles. The number of hydrogen-bond acceptors (Lipinski definition) is 9. The molecule has 192 valence electrons. The van der Waals surface area contributed by atoms with E-state index in [4.69, 9.17) is 9.47 Å². The summed E-state index contributed by atoms with van der Waals surface area (Å²) in [5, 5.41) is 23.2. The molecule has 12 heteroatoms. The Hall–Kier alpha value is -3.48. The number of nitrogens with one attached hydrogen (secondary N) is 3. The summed E-state index contributed by atoms with van der Waals surface area (Å²) < 4.78 is 14.0. The second-order valence-corrected chi connectivity index (χ2v) is 9.18. The number of carbonyl (C=O) groups is 1. The van der Waals surface area contributed by atoms with Gasteiger partial charge in [-0.1, -0.05) is 0 Å². The highest BCUT2D eigenvalue weighted by molar-refractivity contribution is 6.00. The Labute approximate surface area is 207 Å². The predicted octanol–water partition coefficient (Wildman–Crippen LogP) is 1.30. The van der Waals surface area contributed by atoms with Crippen LogP contribution in [-0.4, -0.2) is 75.8 Å². The van der Waals surface area contributed by atoms with Crippen LogP contribution in [0.4, 0.5) is 17.3 Å². The second kappa shape index (κ2) is 10.2. The summed E-state index contributed by atoms with van der Waals surface area (Å²) in [4.78, 5) is 30.8. The van der Waals surface area contributed by atoms with Crippen LogP contribution in [-0.2, 0) is 9.47 Å². The molecule has 0 bridgehead atoms. The number of aliphatic hydroxyl groups excluding tert-OH is 1. The molecule has 2 fully saturated rings. The summed E-state index contributed by atoms with van der Waals surface area (Å²) in [5.41, 5.74) is 0.814. The molecule has 36 heavy (non-hydrogen) atoms. The van der Waals surface area contributed by atoms with Gasteiger partial charge in [-0.25, -0.2) is 4.98 Å². The number of fused-ring (bicyclic) bond motifs is 1. The van der Waals surface area contributed by atoms with Crippen LogP contribution in [0.15, 0.2) is 35.4 Å². The monoisotopic (exact) mass is 497 g/mol. The van der Waals surface area contributed by atoms with Crippen LogP contribution in [0, 0.1) is 0 Å². The third kappa shape index (κ3) is 4.66. The van der Waals surface area contributed by atoms with Gasteiger partial charge in [0.1, 0.15) is 22.9 Å². The summed E-state index contributed by atoms with van der Waals surface area (Å²) in [7, 11) is 3.46. The van der Waals surface area contributed by atoms with Gasteiger partial charge in [0.15, 0.2) is 5.65 Å². The van der Waals surface area contributed by atoms with E-state index in [1.807, 2.05) is 12.3 Å². The van der Waals surface area contributed by atoms with Crippen molar-refractivity contribution in [2.75, 3.05) is 38.0 Å².